The van der Waals surface area contributed by atoms with Gasteiger partial charge in [-0.2, -0.15) is 0 Å². The topological polar surface area (TPSA) is 70.4 Å². The molecule has 25 heavy (non-hydrogen) atoms. The zero-order chi connectivity index (χ0) is 18.6. The van der Waals surface area contributed by atoms with Crippen LogP contribution in [-0.2, 0) is 0 Å². The van der Waals surface area contributed by atoms with Gasteiger partial charge in [-0.15, -0.1) is 0 Å². The van der Waals surface area contributed by atoms with E-state index in [1.54, 1.807) is 26.1 Å². The molecule has 1 amide bonds. The molecule has 0 saturated carbocycles. The molecule has 6 nitrogen and oxygen atoms in total. The van der Waals surface area contributed by atoms with Crippen LogP contribution >= 0.6 is 23.8 Å². The number of hydrogen-bond acceptors (Lipinski definition) is 4. The van der Waals surface area contributed by atoms with Crippen molar-refractivity contribution in [3.8, 4) is 11.3 Å². The lowest BCUT2D eigenvalue weighted by Gasteiger charge is -2.22. The minimum Gasteiger partial charge on any atom is -0.361 e. The van der Waals surface area contributed by atoms with E-state index in [2.05, 4.69) is 29.7 Å². The van der Waals surface area contributed by atoms with E-state index in [0.29, 0.717) is 38.6 Å². The van der Waals surface area contributed by atoms with Crippen LogP contribution in [0.3, 0.4) is 0 Å². The molecule has 2 aromatic rings. The van der Waals surface area contributed by atoms with Crippen molar-refractivity contribution in [2.45, 2.75) is 20.8 Å². The summed E-state index contributed by atoms with van der Waals surface area (Å²) in [6.45, 7) is 6.54. The molecule has 0 aliphatic carbocycles. The summed E-state index contributed by atoms with van der Waals surface area (Å²) < 4.78 is 5.21. The second-order valence-corrected chi connectivity index (χ2v) is 6.82. The van der Waals surface area contributed by atoms with E-state index >= 15 is 0 Å². The maximum absolute atomic E-state index is 12.7. The molecule has 1 heterocycles. The summed E-state index contributed by atoms with van der Waals surface area (Å²) in [5.74, 6) is 0.473. The summed E-state index contributed by atoms with van der Waals surface area (Å²) in [5, 5.41) is 9.46. The van der Waals surface area contributed by atoms with Crippen molar-refractivity contribution in [3.63, 3.8) is 0 Å². The fourth-order valence-corrected chi connectivity index (χ4v) is 2.50. The number of hydrazine groups is 1. The molecular weight excluding hydrogens is 360 g/mol. The molecule has 134 valence electrons. The molecule has 0 unspecified atom stereocenters. The Bertz CT molecular complexity index is 776. The maximum atomic E-state index is 12.7. The predicted molar refractivity (Wildman–Crippen MR) is 102 cm³/mol. The number of thiocarbonyl (C=S) groups is 1. The first kappa shape index (κ1) is 19.2. The Morgan fingerprint density at radius 3 is 2.72 bits per heavy atom. The standard InChI is InChI=1S/C17H21ClN4O2S/c1-10(2)9-19-17(25)22(4)20-16(23)14-11(3)24-21-15(14)12-7-5-6-8-13(12)18/h5-8,10H,9H2,1-4H3,(H,19,25)(H,20,23). The maximum Gasteiger partial charge on any atom is 0.275 e. The summed E-state index contributed by atoms with van der Waals surface area (Å²) in [5.41, 5.74) is 4.08. The van der Waals surface area contributed by atoms with Crippen LogP contribution in [0.5, 0.6) is 0 Å². The van der Waals surface area contributed by atoms with E-state index in [9.17, 15) is 4.79 Å². The van der Waals surface area contributed by atoms with E-state index in [-0.39, 0.29) is 5.91 Å². The van der Waals surface area contributed by atoms with E-state index < -0.39 is 0 Å². The van der Waals surface area contributed by atoms with Crippen LogP contribution in [0.25, 0.3) is 11.3 Å². The molecule has 0 fully saturated rings. The quantitative estimate of drug-likeness (QED) is 0.625. The number of rotatable bonds is 4. The summed E-state index contributed by atoms with van der Waals surface area (Å²) in [7, 11) is 1.67. The van der Waals surface area contributed by atoms with Gasteiger partial charge >= 0.3 is 0 Å². The number of amides is 1. The van der Waals surface area contributed by atoms with Crippen molar-refractivity contribution in [3.05, 3.63) is 40.6 Å². The van der Waals surface area contributed by atoms with Gasteiger partial charge in [0, 0.05) is 19.2 Å². The predicted octanol–water partition coefficient (Wildman–Crippen LogP) is 3.41. The van der Waals surface area contributed by atoms with Crippen molar-refractivity contribution in [1.82, 2.24) is 20.9 Å². The number of carbonyl (C=O) groups excluding carboxylic acids is 1. The third-order valence-corrected chi connectivity index (χ3v) is 4.20. The summed E-state index contributed by atoms with van der Waals surface area (Å²) in [6, 6.07) is 7.16. The molecule has 0 radical (unpaired) electrons. The fourth-order valence-electron chi connectivity index (χ4n) is 2.15. The Morgan fingerprint density at radius 2 is 2.08 bits per heavy atom. The molecular formula is C17H21ClN4O2S. The van der Waals surface area contributed by atoms with Crippen LogP contribution in [0.2, 0.25) is 5.02 Å². The van der Waals surface area contributed by atoms with Crippen LogP contribution in [0.1, 0.15) is 30.0 Å². The first-order valence-corrected chi connectivity index (χ1v) is 8.63. The smallest absolute Gasteiger partial charge is 0.275 e. The van der Waals surface area contributed by atoms with Crippen molar-refractivity contribution < 1.29 is 9.32 Å². The Kier molecular flexibility index (Phi) is 6.39. The Hall–Kier alpha value is -2.12. The van der Waals surface area contributed by atoms with Gasteiger partial charge in [0.15, 0.2) is 5.11 Å². The van der Waals surface area contributed by atoms with Crippen LogP contribution < -0.4 is 10.7 Å². The van der Waals surface area contributed by atoms with E-state index in [0.717, 1.165) is 6.54 Å². The van der Waals surface area contributed by atoms with Crippen molar-refractivity contribution in [1.29, 1.82) is 0 Å². The number of aromatic nitrogens is 1. The number of nitrogens with one attached hydrogen (secondary N) is 2. The first-order chi connectivity index (χ1) is 11.8. The molecule has 0 spiro atoms. The van der Waals surface area contributed by atoms with E-state index in [4.69, 9.17) is 28.3 Å². The third kappa shape index (κ3) is 4.70. The molecule has 0 atom stereocenters. The number of carbonyl (C=O) groups is 1. The first-order valence-electron chi connectivity index (χ1n) is 7.85. The van der Waals surface area contributed by atoms with E-state index in [1.165, 1.54) is 5.01 Å². The molecule has 8 heteroatoms. The summed E-state index contributed by atoms with van der Waals surface area (Å²) in [4.78, 5) is 12.7. The average Bonchev–Trinajstić information content (AvgIpc) is 2.94. The van der Waals surface area contributed by atoms with Gasteiger partial charge in [-0.1, -0.05) is 48.8 Å². The largest absolute Gasteiger partial charge is 0.361 e. The second-order valence-electron chi connectivity index (χ2n) is 6.02. The average molecular weight is 381 g/mol. The lowest BCUT2D eigenvalue weighted by molar-refractivity contribution is 0.0885. The minimum atomic E-state index is -0.370. The molecule has 0 bridgehead atoms. The number of halogens is 1. The summed E-state index contributed by atoms with van der Waals surface area (Å²) in [6.07, 6.45) is 0. The Morgan fingerprint density at radius 1 is 1.40 bits per heavy atom. The Labute approximate surface area is 157 Å². The Balaban J connectivity index is 2.19. The SMILES string of the molecule is Cc1onc(-c2ccccc2Cl)c1C(=O)NN(C)C(=S)NCC(C)C. The van der Waals surface area contributed by atoms with Gasteiger partial charge in [0.2, 0.25) is 0 Å². The molecule has 1 aromatic heterocycles. The zero-order valence-corrected chi connectivity index (χ0v) is 16.2. The van der Waals surface area contributed by atoms with Gasteiger partial charge < -0.3 is 9.84 Å². The van der Waals surface area contributed by atoms with Crippen LogP contribution in [-0.4, -0.2) is 34.8 Å². The third-order valence-electron chi connectivity index (χ3n) is 3.45. The van der Waals surface area contributed by atoms with Crippen molar-refractivity contribution in [2.24, 2.45) is 5.92 Å². The molecule has 0 aliphatic heterocycles. The zero-order valence-electron chi connectivity index (χ0n) is 14.6. The molecule has 0 aliphatic rings. The van der Waals surface area contributed by atoms with Crippen LogP contribution in [0.4, 0.5) is 0 Å². The molecule has 0 saturated heterocycles. The highest BCUT2D eigenvalue weighted by Gasteiger charge is 2.24. The van der Waals surface area contributed by atoms with Gasteiger partial charge in [0.05, 0.1) is 5.02 Å². The van der Waals surface area contributed by atoms with Crippen molar-refractivity contribution >= 4 is 34.8 Å². The number of benzene rings is 1. The highest BCUT2D eigenvalue weighted by Crippen LogP contribution is 2.30. The van der Waals surface area contributed by atoms with Crippen molar-refractivity contribution in [2.75, 3.05) is 13.6 Å². The van der Waals surface area contributed by atoms with Gasteiger partial charge in [0.1, 0.15) is 17.0 Å². The lowest BCUT2D eigenvalue weighted by atomic mass is 10.1. The van der Waals surface area contributed by atoms with Crippen LogP contribution in [0.15, 0.2) is 28.8 Å². The lowest BCUT2D eigenvalue weighted by Crippen LogP contribution is -2.48. The fraction of sp³-hybridized carbons (Fsp3) is 0.353. The monoisotopic (exact) mass is 380 g/mol. The second kappa shape index (κ2) is 8.31. The number of hydrogen-bond donors (Lipinski definition) is 2. The van der Waals surface area contributed by atoms with Crippen LogP contribution in [0, 0.1) is 12.8 Å². The molecule has 2 N–H and O–H groups in total. The van der Waals surface area contributed by atoms with Gasteiger partial charge in [-0.25, -0.2) is 0 Å². The highest BCUT2D eigenvalue weighted by molar-refractivity contribution is 7.80. The highest BCUT2D eigenvalue weighted by atomic mass is 35.5. The number of nitrogens with zero attached hydrogens (tertiary/aromatic N) is 2. The van der Waals surface area contributed by atoms with Gasteiger partial charge in [-0.3, -0.25) is 15.2 Å². The normalized spacial score (nSPS) is 10.6. The molecule has 2 rings (SSSR count). The summed E-state index contributed by atoms with van der Waals surface area (Å²) >= 11 is 11.5. The number of aryl methyl sites for hydroxylation is 1. The molecule has 1 aromatic carbocycles. The van der Waals surface area contributed by atoms with E-state index in [1.807, 2.05) is 12.1 Å². The van der Waals surface area contributed by atoms with Gasteiger partial charge in [0.25, 0.3) is 5.91 Å². The minimum absolute atomic E-state index is 0.326. The van der Waals surface area contributed by atoms with Gasteiger partial charge in [-0.05, 0) is 31.1 Å².